The van der Waals surface area contributed by atoms with Gasteiger partial charge in [-0.05, 0) is 31.7 Å². The number of aliphatic hydroxyl groups is 1. The summed E-state index contributed by atoms with van der Waals surface area (Å²) < 4.78 is 2.23. The van der Waals surface area contributed by atoms with Gasteiger partial charge in [0.15, 0.2) is 0 Å². The topological polar surface area (TPSA) is 67.3 Å². The van der Waals surface area contributed by atoms with Gasteiger partial charge < -0.3 is 15.4 Å². The Balaban J connectivity index is 1.53. The molecule has 0 aromatic carbocycles. The van der Waals surface area contributed by atoms with Crippen LogP contribution >= 0.6 is 0 Å². The summed E-state index contributed by atoms with van der Waals surface area (Å²) >= 11 is 0. The average molecular weight is 264 g/mol. The van der Waals surface area contributed by atoms with E-state index in [1.807, 2.05) is 6.20 Å². The molecule has 1 aromatic rings. The number of aliphatic hydroxyl groups excluding tert-OH is 1. The Hall–Kier alpha value is -0.910. The van der Waals surface area contributed by atoms with Gasteiger partial charge in [0.1, 0.15) is 5.82 Å². The standard InChI is InChI=1S/C14H24N4O/c15-14(11-19)4-1-2-12(14)3-6-17-8-9-18-7-5-16-13(18)10-17/h5,7,12,19H,1-4,6,8-11,15H2. The van der Waals surface area contributed by atoms with Crippen LogP contribution in [0.3, 0.4) is 0 Å². The maximum atomic E-state index is 9.48. The van der Waals surface area contributed by atoms with Crippen LogP contribution in [0.5, 0.6) is 0 Å². The molecule has 2 atom stereocenters. The van der Waals surface area contributed by atoms with E-state index in [1.165, 1.54) is 12.2 Å². The summed E-state index contributed by atoms with van der Waals surface area (Å²) in [7, 11) is 0. The van der Waals surface area contributed by atoms with Gasteiger partial charge in [0.25, 0.3) is 0 Å². The largest absolute Gasteiger partial charge is 0.394 e. The van der Waals surface area contributed by atoms with E-state index >= 15 is 0 Å². The highest BCUT2D eigenvalue weighted by Crippen LogP contribution is 2.35. The smallest absolute Gasteiger partial charge is 0.122 e. The second-order valence-electron chi connectivity index (χ2n) is 6.08. The molecule has 0 bridgehead atoms. The number of imidazole rings is 1. The Labute approximate surface area is 114 Å². The summed E-state index contributed by atoms with van der Waals surface area (Å²) in [6.07, 6.45) is 8.33. The molecule has 2 heterocycles. The number of aromatic nitrogens is 2. The maximum absolute atomic E-state index is 9.48. The van der Waals surface area contributed by atoms with Crippen LogP contribution in [0.1, 0.15) is 31.5 Å². The van der Waals surface area contributed by atoms with Crippen molar-refractivity contribution in [2.24, 2.45) is 11.7 Å². The summed E-state index contributed by atoms with van der Waals surface area (Å²) in [6.45, 7) is 4.26. The number of hydrogen-bond acceptors (Lipinski definition) is 4. The number of fused-ring (bicyclic) bond motifs is 1. The van der Waals surface area contributed by atoms with Crippen molar-refractivity contribution in [3.63, 3.8) is 0 Å². The lowest BCUT2D eigenvalue weighted by Gasteiger charge is -2.33. The van der Waals surface area contributed by atoms with Crippen molar-refractivity contribution in [3.8, 4) is 0 Å². The van der Waals surface area contributed by atoms with Gasteiger partial charge in [0, 0.05) is 31.0 Å². The maximum Gasteiger partial charge on any atom is 0.122 e. The highest BCUT2D eigenvalue weighted by Gasteiger charge is 2.38. The fourth-order valence-corrected chi connectivity index (χ4v) is 3.56. The van der Waals surface area contributed by atoms with Crippen molar-refractivity contribution >= 4 is 0 Å². The van der Waals surface area contributed by atoms with Crippen molar-refractivity contribution in [1.29, 1.82) is 0 Å². The number of rotatable bonds is 4. The number of nitrogens with two attached hydrogens (primary N) is 1. The normalized spacial score (nSPS) is 31.6. The van der Waals surface area contributed by atoms with Crippen LogP contribution < -0.4 is 5.73 Å². The van der Waals surface area contributed by atoms with Gasteiger partial charge in [-0.1, -0.05) is 6.42 Å². The first-order chi connectivity index (χ1) is 9.21. The first-order valence-electron chi connectivity index (χ1n) is 7.33. The van der Waals surface area contributed by atoms with E-state index in [-0.39, 0.29) is 12.1 Å². The van der Waals surface area contributed by atoms with Gasteiger partial charge in [-0.25, -0.2) is 4.98 Å². The minimum atomic E-state index is -0.325. The third kappa shape index (κ3) is 2.55. The lowest BCUT2D eigenvalue weighted by molar-refractivity contribution is 0.136. The van der Waals surface area contributed by atoms with E-state index in [9.17, 15) is 5.11 Å². The molecule has 5 heteroatoms. The van der Waals surface area contributed by atoms with Crippen molar-refractivity contribution in [2.75, 3.05) is 19.7 Å². The van der Waals surface area contributed by atoms with E-state index < -0.39 is 0 Å². The molecule has 1 aromatic heterocycles. The Bertz CT molecular complexity index is 433. The summed E-state index contributed by atoms with van der Waals surface area (Å²) in [5.74, 6) is 1.64. The average Bonchev–Trinajstić information content (AvgIpc) is 3.03. The molecule has 0 radical (unpaired) electrons. The molecule has 0 saturated heterocycles. The Morgan fingerprint density at radius 2 is 2.37 bits per heavy atom. The van der Waals surface area contributed by atoms with Crippen LogP contribution in [0, 0.1) is 5.92 Å². The molecule has 19 heavy (non-hydrogen) atoms. The summed E-state index contributed by atoms with van der Waals surface area (Å²) in [5.41, 5.74) is 5.97. The predicted octanol–water partition coefficient (Wildman–Crippen LogP) is 0.579. The van der Waals surface area contributed by atoms with Crippen LogP contribution in [-0.4, -0.2) is 44.8 Å². The van der Waals surface area contributed by atoms with Gasteiger partial charge in [-0.15, -0.1) is 0 Å². The molecule has 3 rings (SSSR count). The first-order valence-corrected chi connectivity index (χ1v) is 7.33. The van der Waals surface area contributed by atoms with Crippen LogP contribution in [0.15, 0.2) is 12.4 Å². The van der Waals surface area contributed by atoms with E-state index in [0.29, 0.717) is 5.92 Å². The van der Waals surface area contributed by atoms with Gasteiger partial charge in [-0.3, -0.25) is 4.90 Å². The summed E-state index contributed by atoms with van der Waals surface area (Å²) in [6, 6.07) is 0. The van der Waals surface area contributed by atoms with E-state index in [0.717, 1.165) is 45.4 Å². The first kappa shape index (κ1) is 13.1. The molecular formula is C14H24N4O. The molecule has 0 spiro atoms. The zero-order valence-electron chi connectivity index (χ0n) is 11.5. The molecule has 106 valence electrons. The second kappa shape index (κ2) is 5.23. The molecule has 5 nitrogen and oxygen atoms in total. The van der Waals surface area contributed by atoms with Gasteiger partial charge in [0.05, 0.1) is 13.2 Å². The number of nitrogens with zero attached hydrogens (tertiary/aromatic N) is 3. The van der Waals surface area contributed by atoms with Crippen LogP contribution in [0.2, 0.25) is 0 Å². The Kier molecular flexibility index (Phi) is 3.60. The van der Waals surface area contributed by atoms with Crippen LogP contribution in [-0.2, 0) is 13.1 Å². The van der Waals surface area contributed by atoms with Crippen LogP contribution in [0.4, 0.5) is 0 Å². The minimum Gasteiger partial charge on any atom is -0.394 e. The molecular weight excluding hydrogens is 240 g/mol. The van der Waals surface area contributed by atoms with Crippen molar-refractivity contribution < 1.29 is 5.11 Å². The molecule has 2 unspecified atom stereocenters. The van der Waals surface area contributed by atoms with E-state index in [2.05, 4.69) is 20.6 Å². The fraction of sp³-hybridized carbons (Fsp3) is 0.786. The predicted molar refractivity (Wildman–Crippen MR) is 73.5 cm³/mol. The highest BCUT2D eigenvalue weighted by molar-refractivity contribution is 4.98. The number of hydrogen-bond donors (Lipinski definition) is 2. The zero-order chi connectivity index (χ0) is 13.3. The third-order valence-electron chi connectivity index (χ3n) is 4.92. The van der Waals surface area contributed by atoms with Crippen molar-refractivity contribution in [1.82, 2.24) is 14.5 Å². The molecule has 1 aliphatic carbocycles. The third-order valence-corrected chi connectivity index (χ3v) is 4.92. The van der Waals surface area contributed by atoms with E-state index in [4.69, 9.17) is 5.73 Å². The van der Waals surface area contributed by atoms with E-state index in [1.54, 1.807) is 0 Å². The van der Waals surface area contributed by atoms with Gasteiger partial charge in [-0.2, -0.15) is 0 Å². The fourth-order valence-electron chi connectivity index (χ4n) is 3.56. The Morgan fingerprint density at radius 3 is 3.21 bits per heavy atom. The molecule has 3 N–H and O–H groups in total. The quantitative estimate of drug-likeness (QED) is 0.835. The highest BCUT2D eigenvalue weighted by atomic mass is 16.3. The second-order valence-corrected chi connectivity index (χ2v) is 6.08. The summed E-state index contributed by atoms with van der Waals surface area (Å²) in [5, 5.41) is 9.48. The Morgan fingerprint density at radius 1 is 1.47 bits per heavy atom. The van der Waals surface area contributed by atoms with Gasteiger partial charge in [0.2, 0.25) is 0 Å². The van der Waals surface area contributed by atoms with Crippen LogP contribution in [0.25, 0.3) is 0 Å². The van der Waals surface area contributed by atoms with Crippen molar-refractivity contribution in [2.45, 2.75) is 44.3 Å². The summed E-state index contributed by atoms with van der Waals surface area (Å²) in [4.78, 5) is 6.84. The minimum absolute atomic E-state index is 0.127. The molecule has 1 saturated carbocycles. The molecule has 1 aliphatic heterocycles. The zero-order valence-corrected chi connectivity index (χ0v) is 11.5. The SMILES string of the molecule is NC1(CO)CCCC1CCN1CCn2ccnc2C1. The lowest BCUT2D eigenvalue weighted by Crippen LogP contribution is -2.48. The lowest BCUT2D eigenvalue weighted by atomic mass is 9.86. The molecule has 1 fully saturated rings. The molecule has 2 aliphatic rings. The van der Waals surface area contributed by atoms with Gasteiger partial charge >= 0.3 is 0 Å². The van der Waals surface area contributed by atoms with Crippen molar-refractivity contribution in [3.05, 3.63) is 18.2 Å². The monoisotopic (exact) mass is 264 g/mol. The molecule has 0 amide bonds.